The van der Waals surface area contributed by atoms with Crippen LogP contribution in [0, 0.1) is 0 Å². The zero-order valence-electron chi connectivity index (χ0n) is 8.38. The standard InChI is InChI=1S/C11H10N2O3/c14-7-8-2-1-3-9(6-8)16-11-10(15)12-4-5-13-11/h1-6,14H,7H2,(H,12,15). The third-order valence-corrected chi connectivity index (χ3v) is 1.97. The van der Waals surface area contributed by atoms with Gasteiger partial charge in [-0.1, -0.05) is 12.1 Å². The third-order valence-electron chi connectivity index (χ3n) is 1.97. The largest absolute Gasteiger partial charge is 0.435 e. The Morgan fingerprint density at radius 1 is 1.44 bits per heavy atom. The Bertz CT molecular complexity index is 537. The smallest absolute Gasteiger partial charge is 0.311 e. The summed E-state index contributed by atoms with van der Waals surface area (Å²) in [5.74, 6) is 0.452. The van der Waals surface area contributed by atoms with Crippen LogP contribution in [0.25, 0.3) is 0 Å². The lowest BCUT2D eigenvalue weighted by atomic mass is 10.2. The maximum absolute atomic E-state index is 11.3. The van der Waals surface area contributed by atoms with E-state index >= 15 is 0 Å². The van der Waals surface area contributed by atoms with Gasteiger partial charge < -0.3 is 14.8 Å². The molecule has 0 spiro atoms. The summed E-state index contributed by atoms with van der Waals surface area (Å²) >= 11 is 0. The second-order valence-corrected chi connectivity index (χ2v) is 3.13. The number of aromatic amines is 1. The van der Waals surface area contributed by atoms with E-state index in [2.05, 4.69) is 9.97 Å². The molecule has 5 nitrogen and oxygen atoms in total. The molecule has 0 radical (unpaired) electrons. The number of aliphatic hydroxyl groups excluding tert-OH is 1. The van der Waals surface area contributed by atoms with Gasteiger partial charge in [0.1, 0.15) is 5.75 Å². The minimum atomic E-state index is -0.392. The molecule has 2 rings (SSSR count). The highest BCUT2D eigenvalue weighted by Gasteiger charge is 2.03. The van der Waals surface area contributed by atoms with Crippen molar-refractivity contribution in [1.29, 1.82) is 0 Å². The molecule has 0 fully saturated rings. The first-order valence-corrected chi connectivity index (χ1v) is 4.71. The lowest BCUT2D eigenvalue weighted by Crippen LogP contribution is -2.09. The predicted octanol–water partition coefficient (Wildman–Crippen LogP) is 1.05. The molecule has 1 aromatic heterocycles. The molecular formula is C11H10N2O3. The fourth-order valence-corrected chi connectivity index (χ4v) is 1.23. The zero-order valence-corrected chi connectivity index (χ0v) is 8.38. The fourth-order valence-electron chi connectivity index (χ4n) is 1.23. The zero-order chi connectivity index (χ0) is 11.4. The SMILES string of the molecule is O=c1[nH]ccnc1Oc1cccc(CO)c1. The van der Waals surface area contributed by atoms with Crippen molar-refractivity contribution in [2.24, 2.45) is 0 Å². The van der Waals surface area contributed by atoms with Crippen LogP contribution in [0.3, 0.4) is 0 Å². The van der Waals surface area contributed by atoms with Crippen LogP contribution in [0.5, 0.6) is 11.6 Å². The number of nitrogens with zero attached hydrogens (tertiary/aromatic N) is 1. The number of benzene rings is 1. The Morgan fingerprint density at radius 2 is 2.31 bits per heavy atom. The van der Waals surface area contributed by atoms with Crippen molar-refractivity contribution in [3.63, 3.8) is 0 Å². The van der Waals surface area contributed by atoms with Gasteiger partial charge in [0.2, 0.25) is 0 Å². The molecule has 0 bridgehead atoms. The Hall–Kier alpha value is -2.14. The number of hydrogen-bond acceptors (Lipinski definition) is 4. The second kappa shape index (κ2) is 4.59. The molecule has 5 heteroatoms. The van der Waals surface area contributed by atoms with E-state index < -0.39 is 5.56 Å². The van der Waals surface area contributed by atoms with E-state index in [0.29, 0.717) is 11.3 Å². The normalized spacial score (nSPS) is 10.1. The summed E-state index contributed by atoms with van der Waals surface area (Å²) < 4.78 is 5.29. The van der Waals surface area contributed by atoms with Crippen molar-refractivity contribution in [3.05, 3.63) is 52.6 Å². The summed E-state index contributed by atoms with van der Waals surface area (Å²) in [5.41, 5.74) is 0.321. The van der Waals surface area contributed by atoms with Gasteiger partial charge in [0.25, 0.3) is 5.88 Å². The van der Waals surface area contributed by atoms with Crippen LogP contribution in [0.15, 0.2) is 41.5 Å². The molecule has 0 atom stereocenters. The van der Waals surface area contributed by atoms with Crippen LogP contribution in [0.1, 0.15) is 5.56 Å². The van der Waals surface area contributed by atoms with Crippen molar-refractivity contribution in [3.8, 4) is 11.6 Å². The Labute approximate surface area is 91.4 Å². The van der Waals surface area contributed by atoms with E-state index in [1.54, 1.807) is 24.3 Å². The quantitative estimate of drug-likeness (QED) is 0.807. The maximum Gasteiger partial charge on any atom is 0.311 e. The molecule has 82 valence electrons. The molecule has 0 unspecified atom stereocenters. The average molecular weight is 218 g/mol. The molecule has 16 heavy (non-hydrogen) atoms. The monoisotopic (exact) mass is 218 g/mol. The van der Waals surface area contributed by atoms with E-state index in [4.69, 9.17) is 9.84 Å². The number of aliphatic hydroxyl groups is 1. The molecule has 0 saturated heterocycles. The molecule has 0 saturated carbocycles. The molecular weight excluding hydrogens is 208 g/mol. The van der Waals surface area contributed by atoms with E-state index in [1.807, 2.05) is 0 Å². The number of ether oxygens (including phenoxy) is 1. The number of rotatable bonds is 3. The first-order chi connectivity index (χ1) is 7.79. The maximum atomic E-state index is 11.3. The Balaban J connectivity index is 2.27. The first-order valence-electron chi connectivity index (χ1n) is 4.71. The average Bonchev–Trinajstić information content (AvgIpc) is 2.32. The van der Waals surface area contributed by atoms with Gasteiger partial charge in [0, 0.05) is 12.4 Å². The number of H-pyrrole nitrogens is 1. The minimum Gasteiger partial charge on any atom is -0.435 e. The Morgan fingerprint density at radius 3 is 3.06 bits per heavy atom. The topological polar surface area (TPSA) is 75.2 Å². The van der Waals surface area contributed by atoms with Gasteiger partial charge in [-0.25, -0.2) is 4.98 Å². The molecule has 0 aliphatic carbocycles. The van der Waals surface area contributed by atoms with E-state index in [-0.39, 0.29) is 12.5 Å². The van der Waals surface area contributed by atoms with Gasteiger partial charge in [-0.15, -0.1) is 0 Å². The van der Waals surface area contributed by atoms with E-state index in [0.717, 1.165) is 0 Å². The van der Waals surface area contributed by atoms with Crippen LogP contribution in [-0.4, -0.2) is 15.1 Å². The molecule has 0 aliphatic heterocycles. The van der Waals surface area contributed by atoms with Crippen molar-refractivity contribution < 1.29 is 9.84 Å². The van der Waals surface area contributed by atoms with Crippen LogP contribution in [0.2, 0.25) is 0 Å². The molecule has 2 aromatic rings. The molecule has 0 aliphatic rings. The van der Waals surface area contributed by atoms with Gasteiger partial charge in [-0.3, -0.25) is 4.79 Å². The van der Waals surface area contributed by atoms with Gasteiger partial charge in [-0.2, -0.15) is 0 Å². The van der Waals surface area contributed by atoms with Crippen LogP contribution < -0.4 is 10.3 Å². The van der Waals surface area contributed by atoms with Crippen LogP contribution in [0.4, 0.5) is 0 Å². The predicted molar refractivity (Wildman–Crippen MR) is 57.3 cm³/mol. The van der Waals surface area contributed by atoms with Gasteiger partial charge in [0.05, 0.1) is 6.61 Å². The van der Waals surface area contributed by atoms with Crippen molar-refractivity contribution >= 4 is 0 Å². The lowest BCUT2D eigenvalue weighted by molar-refractivity contribution is 0.281. The summed E-state index contributed by atoms with van der Waals surface area (Å²) in [6, 6.07) is 6.83. The number of hydrogen-bond donors (Lipinski definition) is 2. The van der Waals surface area contributed by atoms with Crippen LogP contribution in [-0.2, 0) is 6.61 Å². The molecule has 1 aromatic carbocycles. The van der Waals surface area contributed by atoms with Gasteiger partial charge in [-0.05, 0) is 17.7 Å². The summed E-state index contributed by atoms with van der Waals surface area (Å²) in [4.78, 5) is 17.5. The summed E-state index contributed by atoms with van der Waals surface area (Å²) in [6.07, 6.45) is 2.87. The third kappa shape index (κ3) is 2.26. The fraction of sp³-hybridized carbons (Fsp3) is 0.0909. The Kier molecular flexibility index (Phi) is 2.98. The van der Waals surface area contributed by atoms with Gasteiger partial charge >= 0.3 is 5.56 Å². The number of nitrogens with one attached hydrogen (secondary N) is 1. The van der Waals surface area contributed by atoms with E-state index in [1.165, 1.54) is 12.4 Å². The highest BCUT2D eigenvalue weighted by Crippen LogP contribution is 2.17. The van der Waals surface area contributed by atoms with Crippen LogP contribution >= 0.6 is 0 Å². The molecule has 1 heterocycles. The van der Waals surface area contributed by atoms with Crippen molar-refractivity contribution in [2.75, 3.05) is 0 Å². The number of aromatic nitrogens is 2. The van der Waals surface area contributed by atoms with E-state index in [9.17, 15) is 4.79 Å². The molecule has 0 amide bonds. The summed E-state index contributed by atoms with van der Waals surface area (Å²) in [7, 11) is 0. The van der Waals surface area contributed by atoms with Crippen molar-refractivity contribution in [1.82, 2.24) is 9.97 Å². The highest BCUT2D eigenvalue weighted by atomic mass is 16.5. The lowest BCUT2D eigenvalue weighted by Gasteiger charge is -2.04. The summed E-state index contributed by atoms with van der Waals surface area (Å²) in [6.45, 7) is -0.0736. The molecule has 2 N–H and O–H groups in total. The summed E-state index contributed by atoms with van der Waals surface area (Å²) in [5, 5.41) is 8.94. The first kappa shape index (κ1) is 10.4. The highest BCUT2D eigenvalue weighted by molar-refractivity contribution is 5.30. The minimum absolute atomic E-state index is 0.0161. The van der Waals surface area contributed by atoms with Crippen molar-refractivity contribution in [2.45, 2.75) is 6.61 Å². The van der Waals surface area contributed by atoms with Gasteiger partial charge in [0.15, 0.2) is 0 Å². The second-order valence-electron chi connectivity index (χ2n) is 3.13.